The van der Waals surface area contributed by atoms with Gasteiger partial charge in [0, 0.05) is 14.0 Å². The lowest BCUT2D eigenvalue weighted by Gasteiger charge is -2.06. The highest BCUT2D eigenvalue weighted by Crippen LogP contribution is 2.34. The quantitative estimate of drug-likeness (QED) is 0.658. The fourth-order valence-corrected chi connectivity index (χ4v) is 1.40. The summed E-state index contributed by atoms with van der Waals surface area (Å²) in [6, 6.07) is 0. The monoisotopic (exact) mass is 206 g/mol. The van der Waals surface area contributed by atoms with Crippen molar-refractivity contribution in [2.75, 3.05) is 0 Å². The van der Waals surface area contributed by atoms with Crippen molar-refractivity contribution < 1.29 is 18.0 Å². The molecule has 0 atom stereocenters. The molecule has 0 bridgehead atoms. The maximum atomic E-state index is 12.5. The molecule has 1 aromatic heterocycles. The van der Waals surface area contributed by atoms with Crippen molar-refractivity contribution in [1.82, 2.24) is 9.78 Å². The van der Waals surface area contributed by atoms with E-state index in [0.717, 1.165) is 11.6 Å². The summed E-state index contributed by atoms with van der Waals surface area (Å²) in [5.41, 5.74) is -1.51. The summed E-state index contributed by atoms with van der Waals surface area (Å²) in [6.07, 6.45) is -4.53. The standard InChI is InChI=1S/C8H9F3N2O/c1-4-6(8(9,10)11)7(5(2)14)13(3)12-4/h1-3H3. The smallest absolute Gasteiger partial charge is 0.293 e. The number of hydrogen-bond acceptors (Lipinski definition) is 2. The van der Waals surface area contributed by atoms with Gasteiger partial charge in [-0.05, 0) is 6.92 Å². The second-order valence-corrected chi connectivity index (χ2v) is 2.99. The van der Waals surface area contributed by atoms with Crippen molar-refractivity contribution in [3.8, 4) is 0 Å². The molecule has 0 N–H and O–H groups in total. The molecule has 1 aromatic rings. The molecule has 0 aliphatic rings. The lowest BCUT2D eigenvalue weighted by Crippen LogP contribution is -2.13. The van der Waals surface area contributed by atoms with E-state index in [-0.39, 0.29) is 5.69 Å². The first-order valence-electron chi connectivity index (χ1n) is 3.87. The Morgan fingerprint density at radius 2 is 1.93 bits per heavy atom. The molecular weight excluding hydrogens is 197 g/mol. The maximum absolute atomic E-state index is 12.5. The largest absolute Gasteiger partial charge is 0.420 e. The van der Waals surface area contributed by atoms with E-state index in [0.29, 0.717) is 0 Å². The number of alkyl halides is 3. The van der Waals surface area contributed by atoms with Gasteiger partial charge in [-0.3, -0.25) is 9.48 Å². The van der Waals surface area contributed by atoms with Crippen LogP contribution in [0.2, 0.25) is 0 Å². The highest BCUT2D eigenvalue weighted by Gasteiger charge is 2.39. The second-order valence-electron chi connectivity index (χ2n) is 2.99. The molecule has 0 aliphatic carbocycles. The number of carbonyl (C=O) groups is 1. The summed E-state index contributed by atoms with van der Waals surface area (Å²) in [5, 5.41) is 3.57. The number of nitrogens with zero attached hydrogens (tertiary/aromatic N) is 2. The normalized spacial score (nSPS) is 11.9. The van der Waals surface area contributed by atoms with Gasteiger partial charge in [0.1, 0.15) is 11.3 Å². The van der Waals surface area contributed by atoms with Crippen LogP contribution in [0.1, 0.15) is 28.7 Å². The molecule has 3 nitrogen and oxygen atoms in total. The molecule has 0 aliphatic heterocycles. The van der Waals surface area contributed by atoms with Crippen molar-refractivity contribution in [2.24, 2.45) is 7.05 Å². The number of halogens is 3. The third-order valence-electron chi connectivity index (χ3n) is 1.84. The molecule has 0 spiro atoms. The summed E-state index contributed by atoms with van der Waals surface area (Å²) in [4.78, 5) is 11.0. The van der Waals surface area contributed by atoms with Crippen LogP contribution in [0.25, 0.3) is 0 Å². The fraction of sp³-hybridized carbons (Fsp3) is 0.500. The van der Waals surface area contributed by atoms with E-state index < -0.39 is 23.2 Å². The SMILES string of the molecule is CC(=O)c1c(C(F)(F)F)c(C)nn1C. The van der Waals surface area contributed by atoms with Crippen LogP contribution < -0.4 is 0 Å². The van der Waals surface area contributed by atoms with Crippen LogP contribution in [0, 0.1) is 6.92 Å². The maximum Gasteiger partial charge on any atom is 0.420 e. The minimum Gasteiger partial charge on any atom is -0.293 e. The van der Waals surface area contributed by atoms with Crippen molar-refractivity contribution in [3.63, 3.8) is 0 Å². The molecule has 14 heavy (non-hydrogen) atoms. The van der Waals surface area contributed by atoms with Crippen LogP contribution in [-0.2, 0) is 13.2 Å². The number of hydrogen-bond donors (Lipinski definition) is 0. The lowest BCUT2D eigenvalue weighted by molar-refractivity contribution is -0.138. The lowest BCUT2D eigenvalue weighted by atomic mass is 10.1. The van der Waals surface area contributed by atoms with Crippen molar-refractivity contribution in [3.05, 3.63) is 17.0 Å². The number of Topliss-reactive ketones (excluding diaryl/α,β-unsaturated/α-hetero) is 1. The minimum absolute atomic E-state index is 0.176. The second kappa shape index (κ2) is 3.11. The first kappa shape index (κ1) is 10.7. The van der Waals surface area contributed by atoms with E-state index in [1.807, 2.05) is 0 Å². The van der Waals surface area contributed by atoms with Crippen molar-refractivity contribution in [2.45, 2.75) is 20.0 Å². The van der Waals surface area contributed by atoms with E-state index in [1.54, 1.807) is 0 Å². The van der Waals surface area contributed by atoms with E-state index in [9.17, 15) is 18.0 Å². The molecule has 78 valence electrons. The highest BCUT2D eigenvalue weighted by molar-refractivity contribution is 5.94. The van der Waals surface area contributed by atoms with Crippen LogP contribution in [0.15, 0.2) is 0 Å². The molecule has 0 radical (unpaired) electrons. The van der Waals surface area contributed by atoms with Crippen LogP contribution in [0.3, 0.4) is 0 Å². The van der Waals surface area contributed by atoms with Gasteiger partial charge in [-0.25, -0.2) is 0 Å². The molecule has 0 saturated carbocycles. The molecule has 0 unspecified atom stereocenters. The average Bonchev–Trinajstić information content (AvgIpc) is 2.23. The number of aromatic nitrogens is 2. The molecule has 1 rings (SSSR count). The highest BCUT2D eigenvalue weighted by atomic mass is 19.4. The van der Waals surface area contributed by atoms with Gasteiger partial charge >= 0.3 is 6.18 Å². The van der Waals surface area contributed by atoms with Crippen LogP contribution in [-0.4, -0.2) is 15.6 Å². The van der Waals surface area contributed by atoms with Gasteiger partial charge in [0.05, 0.1) is 5.69 Å². The van der Waals surface area contributed by atoms with Crippen molar-refractivity contribution >= 4 is 5.78 Å². The zero-order valence-corrected chi connectivity index (χ0v) is 7.94. The molecule has 0 aromatic carbocycles. The Morgan fingerprint density at radius 3 is 2.21 bits per heavy atom. The van der Waals surface area contributed by atoms with Gasteiger partial charge < -0.3 is 0 Å². The molecule has 0 saturated heterocycles. The topological polar surface area (TPSA) is 34.9 Å². The Kier molecular flexibility index (Phi) is 2.39. The Balaban J connectivity index is 3.48. The summed E-state index contributed by atoms with van der Waals surface area (Å²) in [6.45, 7) is 2.32. The molecule has 0 fully saturated rings. The van der Waals surface area contributed by atoms with E-state index >= 15 is 0 Å². The molecule has 0 amide bonds. The third-order valence-corrected chi connectivity index (χ3v) is 1.84. The van der Waals surface area contributed by atoms with Crippen molar-refractivity contribution in [1.29, 1.82) is 0 Å². The van der Waals surface area contributed by atoms with Gasteiger partial charge in [0.15, 0.2) is 5.78 Å². The van der Waals surface area contributed by atoms with Crippen LogP contribution in [0.5, 0.6) is 0 Å². The number of carbonyl (C=O) groups excluding carboxylic acids is 1. The predicted molar refractivity (Wildman–Crippen MR) is 43.0 cm³/mol. The zero-order valence-electron chi connectivity index (χ0n) is 7.94. The Bertz CT molecular complexity index is 379. The summed E-state index contributed by atoms with van der Waals surface area (Å²) in [5.74, 6) is -0.638. The Hall–Kier alpha value is -1.33. The first-order valence-corrected chi connectivity index (χ1v) is 3.87. The number of aryl methyl sites for hydroxylation is 2. The van der Waals surface area contributed by atoms with E-state index in [1.165, 1.54) is 14.0 Å². The van der Waals surface area contributed by atoms with Gasteiger partial charge in [-0.1, -0.05) is 0 Å². The van der Waals surface area contributed by atoms with Gasteiger partial charge in [-0.15, -0.1) is 0 Å². The molecule has 1 heterocycles. The Morgan fingerprint density at radius 1 is 1.43 bits per heavy atom. The fourth-order valence-electron chi connectivity index (χ4n) is 1.40. The predicted octanol–water partition coefficient (Wildman–Crippen LogP) is 1.95. The summed E-state index contributed by atoms with van der Waals surface area (Å²) < 4.78 is 38.4. The van der Waals surface area contributed by atoms with E-state index in [2.05, 4.69) is 5.10 Å². The van der Waals surface area contributed by atoms with Crippen LogP contribution in [0.4, 0.5) is 13.2 Å². The van der Waals surface area contributed by atoms with Gasteiger partial charge in [0.2, 0.25) is 0 Å². The van der Waals surface area contributed by atoms with E-state index in [4.69, 9.17) is 0 Å². The third kappa shape index (κ3) is 1.64. The summed E-state index contributed by atoms with van der Waals surface area (Å²) >= 11 is 0. The Labute approximate surface area is 78.5 Å². The van der Waals surface area contributed by atoms with Gasteiger partial charge in [0.25, 0.3) is 0 Å². The number of rotatable bonds is 1. The minimum atomic E-state index is -4.53. The average molecular weight is 206 g/mol. The first-order chi connectivity index (χ1) is 6.25. The number of ketones is 1. The van der Waals surface area contributed by atoms with Crippen LogP contribution >= 0.6 is 0 Å². The summed E-state index contributed by atoms with van der Waals surface area (Å²) in [7, 11) is 1.32. The zero-order chi connectivity index (χ0) is 11.1. The van der Waals surface area contributed by atoms with Gasteiger partial charge in [-0.2, -0.15) is 18.3 Å². The molecular formula is C8H9F3N2O. The molecule has 6 heteroatoms.